The molecule has 1 aliphatic rings. The molecule has 3 N–H and O–H groups in total. The Kier molecular flexibility index (Phi) is 5.08. The Morgan fingerprint density at radius 2 is 2.15 bits per heavy atom. The van der Waals surface area contributed by atoms with E-state index >= 15 is 0 Å². The SMILES string of the molecule is NC(=O)CN1CCC(NC(=O)c2ncccc2Br)CC1. The van der Waals surface area contributed by atoms with Crippen molar-refractivity contribution in [3.05, 3.63) is 28.5 Å². The molecular formula is C13H17BrN4O2. The average Bonchev–Trinajstić information content (AvgIpc) is 2.41. The lowest BCUT2D eigenvalue weighted by atomic mass is 10.0. The van der Waals surface area contributed by atoms with E-state index in [1.165, 1.54) is 0 Å². The molecule has 6 nitrogen and oxygen atoms in total. The number of carbonyl (C=O) groups is 2. The summed E-state index contributed by atoms with van der Waals surface area (Å²) < 4.78 is 0.684. The van der Waals surface area contributed by atoms with Gasteiger partial charge in [0.05, 0.1) is 6.54 Å². The normalized spacial score (nSPS) is 16.9. The Bertz CT molecular complexity index is 501. The number of pyridine rings is 1. The lowest BCUT2D eigenvalue weighted by Crippen LogP contribution is -2.46. The van der Waals surface area contributed by atoms with Gasteiger partial charge in [-0.2, -0.15) is 0 Å². The number of hydrogen-bond donors (Lipinski definition) is 2. The summed E-state index contributed by atoms with van der Waals surface area (Å²) in [6.07, 6.45) is 3.21. The van der Waals surface area contributed by atoms with Crippen LogP contribution in [-0.4, -0.2) is 47.4 Å². The molecule has 0 saturated carbocycles. The molecule has 0 bridgehead atoms. The molecule has 0 aromatic carbocycles. The largest absolute Gasteiger partial charge is 0.369 e. The van der Waals surface area contributed by atoms with E-state index in [2.05, 4.69) is 26.2 Å². The maximum absolute atomic E-state index is 12.1. The highest BCUT2D eigenvalue weighted by Crippen LogP contribution is 2.15. The van der Waals surface area contributed by atoms with Gasteiger partial charge >= 0.3 is 0 Å². The number of primary amides is 1. The van der Waals surface area contributed by atoms with Gasteiger partial charge in [0.15, 0.2) is 0 Å². The van der Waals surface area contributed by atoms with Gasteiger partial charge in [0.2, 0.25) is 5.91 Å². The molecular weight excluding hydrogens is 324 g/mol. The van der Waals surface area contributed by atoms with Crippen LogP contribution in [-0.2, 0) is 4.79 Å². The van der Waals surface area contributed by atoms with Crippen LogP contribution in [0.5, 0.6) is 0 Å². The van der Waals surface area contributed by atoms with Gasteiger partial charge in [-0.05, 0) is 40.9 Å². The van der Waals surface area contributed by atoms with E-state index in [0.717, 1.165) is 25.9 Å². The van der Waals surface area contributed by atoms with Crippen LogP contribution >= 0.6 is 15.9 Å². The van der Waals surface area contributed by atoms with Gasteiger partial charge in [-0.25, -0.2) is 4.98 Å². The first-order valence-electron chi connectivity index (χ1n) is 6.48. The number of nitrogens with zero attached hydrogens (tertiary/aromatic N) is 2. The Morgan fingerprint density at radius 3 is 2.75 bits per heavy atom. The van der Waals surface area contributed by atoms with Crippen molar-refractivity contribution in [2.24, 2.45) is 5.73 Å². The lowest BCUT2D eigenvalue weighted by molar-refractivity contribution is -0.119. The summed E-state index contributed by atoms with van der Waals surface area (Å²) in [5.74, 6) is -0.490. The van der Waals surface area contributed by atoms with Crippen molar-refractivity contribution >= 4 is 27.7 Å². The Balaban J connectivity index is 1.85. The maximum Gasteiger partial charge on any atom is 0.271 e. The molecule has 1 fully saturated rings. The lowest BCUT2D eigenvalue weighted by Gasteiger charge is -2.31. The van der Waals surface area contributed by atoms with Crippen molar-refractivity contribution in [2.75, 3.05) is 19.6 Å². The average molecular weight is 341 g/mol. The van der Waals surface area contributed by atoms with Gasteiger partial charge in [-0.3, -0.25) is 14.5 Å². The molecule has 0 unspecified atom stereocenters. The second-order valence-electron chi connectivity index (χ2n) is 4.82. The minimum Gasteiger partial charge on any atom is -0.369 e. The fourth-order valence-corrected chi connectivity index (χ4v) is 2.70. The monoisotopic (exact) mass is 340 g/mol. The number of piperidine rings is 1. The predicted octanol–water partition coefficient (Wildman–Crippen LogP) is 0.524. The molecule has 0 aliphatic carbocycles. The third-order valence-electron chi connectivity index (χ3n) is 3.28. The summed E-state index contributed by atoms with van der Waals surface area (Å²) in [5.41, 5.74) is 5.56. The zero-order valence-corrected chi connectivity index (χ0v) is 12.6. The molecule has 20 heavy (non-hydrogen) atoms. The van der Waals surface area contributed by atoms with E-state index in [4.69, 9.17) is 5.73 Å². The molecule has 7 heteroatoms. The van der Waals surface area contributed by atoms with Gasteiger partial charge in [0.25, 0.3) is 5.91 Å². The van der Waals surface area contributed by atoms with E-state index in [1.807, 2.05) is 4.90 Å². The zero-order valence-electron chi connectivity index (χ0n) is 11.0. The summed E-state index contributed by atoms with van der Waals surface area (Å²) >= 11 is 3.32. The zero-order chi connectivity index (χ0) is 14.5. The first-order chi connectivity index (χ1) is 9.56. The highest BCUT2D eigenvalue weighted by molar-refractivity contribution is 9.10. The van der Waals surface area contributed by atoms with E-state index in [0.29, 0.717) is 10.2 Å². The minimum atomic E-state index is -0.315. The van der Waals surface area contributed by atoms with E-state index in [9.17, 15) is 9.59 Å². The van der Waals surface area contributed by atoms with Crippen molar-refractivity contribution in [3.8, 4) is 0 Å². The molecule has 0 spiro atoms. The molecule has 1 aromatic heterocycles. The number of carbonyl (C=O) groups excluding carboxylic acids is 2. The molecule has 2 rings (SSSR count). The van der Waals surface area contributed by atoms with Crippen molar-refractivity contribution in [3.63, 3.8) is 0 Å². The summed E-state index contributed by atoms with van der Waals surface area (Å²) in [6, 6.07) is 3.67. The Morgan fingerprint density at radius 1 is 1.45 bits per heavy atom. The van der Waals surface area contributed by atoms with Crippen molar-refractivity contribution < 1.29 is 9.59 Å². The van der Waals surface area contributed by atoms with Crippen LogP contribution in [0.3, 0.4) is 0 Å². The van der Waals surface area contributed by atoms with Gasteiger partial charge in [0.1, 0.15) is 5.69 Å². The number of rotatable bonds is 4. The standard InChI is InChI=1S/C13H17BrN4O2/c14-10-2-1-5-16-12(10)13(20)17-9-3-6-18(7-4-9)8-11(15)19/h1-2,5,9H,3-4,6-8H2,(H2,15,19)(H,17,20). The Hall–Kier alpha value is -1.47. The number of hydrogen-bond acceptors (Lipinski definition) is 4. The van der Waals surface area contributed by atoms with E-state index in [1.54, 1.807) is 18.3 Å². The first kappa shape index (κ1) is 14.9. The van der Waals surface area contributed by atoms with Crippen molar-refractivity contribution in [1.82, 2.24) is 15.2 Å². The smallest absolute Gasteiger partial charge is 0.271 e. The van der Waals surface area contributed by atoms with Crippen LogP contribution in [0.2, 0.25) is 0 Å². The fourth-order valence-electron chi connectivity index (χ4n) is 2.26. The molecule has 1 saturated heterocycles. The molecule has 0 atom stereocenters. The third kappa shape index (κ3) is 4.01. The molecule has 1 aromatic rings. The number of aromatic nitrogens is 1. The molecule has 108 valence electrons. The maximum atomic E-state index is 12.1. The van der Waals surface area contributed by atoms with Crippen LogP contribution < -0.4 is 11.1 Å². The van der Waals surface area contributed by atoms with Gasteiger partial charge in [-0.15, -0.1) is 0 Å². The summed E-state index contributed by atoms with van der Waals surface area (Å²) in [6.45, 7) is 1.81. The number of likely N-dealkylation sites (tertiary alicyclic amines) is 1. The summed E-state index contributed by atoms with van der Waals surface area (Å²) in [5, 5.41) is 2.98. The van der Waals surface area contributed by atoms with Crippen LogP contribution in [0, 0.1) is 0 Å². The van der Waals surface area contributed by atoms with Gasteiger partial charge in [-0.1, -0.05) is 0 Å². The second-order valence-corrected chi connectivity index (χ2v) is 5.68. The topological polar surface area (TPSA) is 88.3 Å². The van der Waals surface area contributed by atoms with Gasteiger partial charge < -0.3 is 11.1 Å². The molecule has 0 radical (unpaired) electrons. The Labute approximate surface area is 125 Å². The highest BCUT2D eigenvalue weighted by Gasteiger charge is 2.22. The molecule has 2 heterocycles. The number of halogens is 1. The quantitative estimate of drug-likeness (QED) is 0.836. The van der Waals surface area contributed by atoms with Crippen LogP contribution in [0.1, 0.15) is 23.3 Å². The van der Waals surface area contributed by atoms with Crippen LogP contribution in [0.4, 0.5) is 0 Å². The second kappa shape index (κ2) is 6.81. The number of nitrogens with one attached hydrogen (secondary N) is 1. The van der Waals surface area contributed by atoms with Crippen molar-refractivity contribution in [1.29, 1.82) is 0 Å². The minimum absolute atomic E-state index is 0.112. The van der Waals surface area contributed by atoms with Crippen LogP contribution in [0.25, 0.3) is 0 Å². The molecule has 1 aliphatic heterocycles. The number of amides is 2. The highest BCUT2D eigenvalue weighted by atomic mass is 79.9. The summed E-state index contributed by atoms with van der Waals surface area (Å²) in [7, 11) is 0. The van der Waals surface area contributed by atoms with E-state index < -0.39 is 0 Å². The number of nitrogens with two attached hydrogens (primary N) is 1. The fraction of sp³-hybridized carbons (Fsp3) is 0.462. The predicted molar refractivity (Wildman–Crippen MR) is 78.1 cm³/mol. The van der Waals surface area contributed by atoms with Crippen LogP contribution in [0.15, 0.2) is 22.8 Å². The summed E-state index contributed by atoms with van der Waals surface area (Å²) in [4.78, 5) is 29.0. The third-order valence-corrected chi connectivity index (χ3v) is 3.92. The van der Waals surface area contributed by atoms with E-state index in [-0.39, 0.29) is 24.4 Å². The van der Waals surface area contributed by atoms with Crippen molar-refractivity contribution in [2.45, 2.75) is 18.9 Å². The van der Waals surface area contributed by atoms with Gasteiger partial charge in [0, 0.05) is 29.8 Å². The molecule has 2 amide bonds. The first-order valence-corrected chi connectivity index (χ1v) is 7.27.